The fourth-order valence-electron chi connectivity index (χ4n) is 1.39. The summed E-state index contributed by atoms with van der Waals surface area (Å²) in [7, 11) is 1.89. The van der Waals surface area contributed by atoms with E-state index in [0.29, 0.717) is 12.4 Å². The highest BCUT2D eigenvalue weighted by atomic mass is 79.9. The Bertz CT molecular complexity index is 556. The number of aromatic nitrogens is 2. The second-order valence-corrected chi connectivity index (χ2v) is 5.58. The van der Waals surface area contributed by atoms with Gasteiger partial charge in [-0.1, -0.05) is 0 Å². The van der Waals surface area contributed by atoms with Gasteiger partial charge < -0.3 is 10.0 Å². The van der Waals surface area contributed by atoms with Crippen molar-refractivity contribution in [2.24, 2.45) is 0 Å². The zero-order valence-electron chi connectivity index (χ0n) is 9.50. The van der Waals surface area contributed by atoms with Crippen LogP contribution < -0.4 is 4.90 Å². The Balaban J connectivity index is 2.09. The van der Waals surface area contributed by atoms with Gasteiger partial charge in [-0.05, 0) is 34.1 Å². The standard InChI is InChI=1S/C11H10BrN3O2S/c1-15(5-8-4-7(12)6-18-8)10-3-2-9(11(16)17)13-14-10/h2-4,6H,5H2,1H3,(H,16,17). The predicted molar refractivity (Wildman–Crippen MR) is 73.1 cm³/mol. The molecule has 2 rings (SSSR count). The summed E-state index contributed by atoms with van der Waals surface area (Å²) >= 11 is 5.05. The first-order valence-corrected chi connectivity index (χ1v) is 6.74. The van der Waals surface area contributed by atoms with Gasteiger partial charge in [-0.2, -0.15) is 0 Å². The van der Waals surface area contributed by atoms with E-state index in [1.54, 1.807) is 17.4 Å². The molecule has 0 fully saturated rings. The number of aromatic carboxylic acids is 1. The van der Waals surface area contributed by atoms with Crippen LogP contribution in [0, 0.1) is 0 Å². The average Bonchev–Trinajstić information content (AvgIpc) is 2.75. The number of rotatable bonds is 4. The number of nitrogens with zero attached hydrogens (tertiary/aromatic N) is 3. The molecule has 0 aliphatic carbocycles. The summed E-state index contributed by atoms with van der Waals surface area (Å²) in [4.78, 5) is 13.8. The molecule has 0 aromatic carbocycles. The molecule has 0 atom stereocenters. The lowest BCUT2D eigenvalue weighted by Crippen LogP contribution is -2.18. The van der Waals surface area contributed by atoms with E-state index in [1.807, 2.05) is 23.4 Å². The van der Waals surface area contributed by atoms with Crippen LogP contribution >= 0.6 is 27.3 Å². The van der Waals surface area contributed by atoms with Crippen molar-refractivity contribution in [3.8, 4) is 0 Å². The van der Waals surface area contributed by atoms with Gasteiger partial charge in [-0.15, -0.1) is 21.5 Å². The number of thiophene rings is 1. The molecule has 2 heterocycles. The molecule has 0 spiro atoms. The van der Waals surface area contributed by atoms with Crippen LogP contribution in [-0.2, 0) is 6.54 Å². The average molecular weight is 328 g/mol. The SMILES string of the molecule is CN(Cc1cc(Br)cs1)c1ccc(C(=O)O)nn1. The molecule has 7 heteroatoms. The highest BCUT2D eigenvalue weighted by molar-refractivity contribution is 9.10. The summed E-state index contributed by atoms with van der Waals surface area (Å²) in [5.74, 6) is -0.427. The predicted octanol–water partition coefficient (Wildman–Crippen LogP) is 2.64. The molecule has 0 saturated heterocycles. The third-order valence-electron chi connectivity index (χ3n) is 2.28. The summed E-state index contributed by atoms with van der Waals surface area (Å²) in [6.45, 7) is 0.706. The van der Waals surface area contributed by atoms with E-state index in [4.69, 9.17) is 5.11 Å². The van der Waals surface area contributed by atoms with Crippen molar-refractivity contribution < 1.29 is 9.90 Å². The van der Waals surface area contributed by atoms with Crippen LogP contribution in [0.25, 0.3) is 0 Å². The maximum Gasteiger partial charge on any atom is 0.356 e. The smallest absolute Gasteiger partial charge is 0.356 e. The van der Waals surface area contributed by atoms with Crippen LogP contribution in [0.2, 0.25) is 0 Å². The van der Waals surface area contributed by atoms with Crippen molar-refractivity contribution in [2.75, 3.05) is 11.9 Å². The number of halogens is 1. The molecule has 18 heavy (non-hydrogen) atoms. The molecule has 5 nitrogen and oxygen atoms in total. The minimum atomic E-state index is -1.07. The van der Waals surface area contributed by atoms with E-state index >= 15 is 0 Å². The molecule has 2 aromatic heterocycles. The monoisotopic (exact) mass is 327 g/mol. The van der Waals surface area contributed by atoms with E-state index in [9.17, 15) is 4.79 Å². The summed E-state index contributed by atoms with van der Waals surface area (Å²) < 4.78 is 1.06. The van der Waals surface area contributed by atoms with E-state index in [2.05, 4.69) is 26.1 Å². The quantitative estimate of drug-likeness (QED) is 0.935. The topological polar surface area (TPSA) is 66.3 Å². The Hall–Kier alpha value is -1.47. The Morgan fingerprint density at radius 1 is 1.50 bits per heavy atom. The molecule has 0 radical (unpaired) electrons. The van der Waals surface area contributed by atoms with E-state index in [-0.39, 0.29) is 5.69 Å². The second-order valence-electron chi connectivity index (χ2n) is 3.67. The molecular formula is C11H10BrN3O2S. The third kappa shape index (κ3) is 3.05. The minimum Gasteiger partial charge on any atom is -0.476 e. The maximum atomic E-state index is 10.7. The molecule has 2 aromatic rings. The van der Waals surface area contributed by atoms with Crippen LogP contribution in [0.1, 0.15) is 15.4 Å². The van der Waals surface area contributed by atoms with E-state index in [1.165, 1.54) is 10.9 Å². The maximum absolute atomic E-state index is 10.7. The molecule has 0 saturated carbocycles. The zero-order chi connectivity index (χ0) is 13.1. The Morgan fingerprint density at radius 3 is 2.78 bits per heavy atom. The first kappa shape index (κ1) is 13.0. The summed E-state index contributed by atoms with van der Waals surface area (Å²) in [6, 6.07) is 5.14. The number of anilines is 1. The van der Waals surface area contributed by atoms with Gasteiger partial charge in [0, 0.05) is 21.8 Å². The minimum absolute atomic E-state index is 0.0500. The molecule has 0 unspecified atom stereocenters. The lowest BCUT2D eigenvalue weighted by molar-refractivity contribution is 0.0689. The number of hydrogen-bond donors (Lipinski definition) is 1. The summed E-state index contributed by atoms with van der Waals surface area (Å²) in [6.07, 6.45) is 0. The van der Waals surface area contributed by atoms with Crippen LogP contribution in [0.15, 0.2) is 28.1 Å². The molecule has 0 bridgehead atoms. The Labute approximate surface area is 116 Å². The number of carboxylic acids is 1. The highest BCUT2D eigenvalue weighted by Gasteiger charge is 2.09. The number of carbonyl (C=O) groups is 1. The molecule has 0 amide bonds. The number of hydrogen-bond acceptors (Lipinski definition) is 5. The molecule has 94 valence electrons. The van der Waals surface area contributed by atoms with Crippen molar-refractivity contribution in [3.63, 3.8) is 0 Å². The number of carboxylic acid groups (broad SMARTS) is 1. The van der Waals surface area contributed by atoms with Gasteiger partial charge >= 0.3 is 5.97 Å². The molecule has 0 aliphatic rings. The molecular weight excluding hydrogens is 318 g/mol. The second kappa shape index (κ2) is 5.45. The van der Waals surface area contributed by atoms with Crippen LogP contribution in [0.3, 0.4) is 0 Å². The summed E-state index contributed by atoms with van der Waals surface area (Å²) in [5.41, 5.74) is -0.0500. The van der Waals surface area contributed by atoms with Gasteiger partial charge in [-0.25, -0.2) is 4.79 Å². The van der Waals surface area contributed by atoms with Gasteiger partial charge in [0.2, 0.25) is 0 Å². The van der Waals surface area contributed by atoms with Gasteiger partial charge in [0.05, 0.1) is 6.54 Å². The van der Waals surface area contributed by atoms with Crippen molar-refractivity contribution in [1.29, 1.82) is 0 Å². The van der Waals surface area contributed by atoms with Crippen LogP contribution in [0.4, 0.5) is 5.82 Å². The fourth-order valence-corrected chi connectivity index (χ4v) is 2.90. The highest BCUT2D eigenvalue weighted by Crippen LogP contribution is 2.22. The van der Waals surface area contributed by atoms with Gasteiger partial charge in [0.15, 0.2) is 11.5 Å². The lowest BCUT2D eigenvalue weighted by Gasteiger charge is -2.16. The lowest BCUT2D eigenvalue weighted by atomic mass is 10.3. The van der Waals surface area contributed by atoms with Gasteiger partial charge in [0.1, 0.15) is 0 Å². The fraction of sp³-hybridized carbons (Fsp3) is 0.182. The van der Waals surface area contributed by atoms with E-state index in [0.717, 1.165) is 4.47 Å². The van der Waals surface area contributed by atoms with Gasteiger partial charge in [0.25, 0.3) is 0 Å². The zero-order valence-corrected chi connectivity index (χ0v) is 11.9. The van der Waals surface area contributed by atoms with E-state index < -0.39 is 5.97 Å². The van der Waals surface area contributed by atoms with Crippen LogP contribution in [0.5, 0.6) is 0 Å². The molecule has 1 N–H and O–H groups in total. The van der Waals surface area contributed by atoms with Crippen LogP contribution in [-0.4, -0.2) is 28.3 Å². The summed E-state index contributed by atoms with van der Waals surface area (Å²) in [5, 5.41) is 18.3. The Morgan fingerprint density at radius 2 is 2.28 bits per heavy atom. The van der Waals surface area contributed by atoms with Crippen molar-refractivity contribution in [1.82, 2.24) is 10.2 Å². The largest absolute Gasteiger partial charge is 0.476 e. The van der Waals surface area contributed by atoms with Crippen molar-refractivity contribution in [3.05, 3.63) is 38.6 Å². The normalized spacial score (nSPS) is 10.3. The first-order valence-electron chi connectivity index (χ1n) is 5.07. The first-order chi connectivity index (χ1) is 8.56. The Kier molecular flexibility index (Phi) is 3.93. The van der Waals surface area contributed by atoms with Gasteiger partial charge in [-0.3, -0.25) is 0 Å². The third-order valence-corrected chi connectivity index (χ3v) is 3.96. The molecule has 0 aliphatic heterocycles. The van der Waals surface area contributed by atoms with Crippen molar-refractivity contribution in [2.45, 2.75) is 6.54 Å². The van der Waals surface area contributed by atoms with Crippen molar-refractivity contribution >= 4 is 39.1 Å².